The lowest BCUT2D eigenvalue weighted by Crippen LogP contribution is -2.47. The van der Waals surface area contributed by atoms with E-state index in [0.717, 1.165) is 24.5 Å². The summed E-state index contributed by atoms with van der Waals surface area (Å²) in [6, 6.07) is 4.83. The molecule has 1 aromatic carbocycles. The zero-order chi connectivity index (χ0) is 22.2. The first-order valence-electron chi connectivity index (χ1n) is 8.36. The minimum atomic E-state index is -5.17. The second kappa shape index (κ2) is 7.46. The molecule has 0 atom stereocenters. The van der Waals surface area contributed by atoms with Crippen molar-refractivity contribution in [3.63, 3.8) is 0 Å². The second-order valence-corrected chi connectivity index (χ2v) is 6.49. The second-order valence-electron chi connectivity index (χ2n) is 6.49. The maximum Gasteiger partial charge on any atom is 0.472 e. The minimum Gasteiger partial charge on any atom is -0.345 e. The van der Waals surface area contributed by atoms with Crippen LogP contribution in [0.3, 0.4) is 0 Å². The number of carbonyl (C=O) groups is 2. The Morgan fingerprint density at radius 1 is 0.967 bits per heavy atom. The first-order chi connectivity index (χ1) is 13.9. The Kier molecular flexibility index (Phi) is 5.31. The summed E-state index contributed by atoms with van der Waals surface area (Å²) in [5.41, 5.74) is 1.34. The van der Waals surface area contributed by atoms with Gasteiger partial charge >= 0.3 is 18.3 Å². The normalized spacial score (nSPS) is 15.3. The summed E-state index contributed by atoms with van der Waals surface area (Å²) in [6.07, 6.45) is -6.61. The third-order valence-electron chi connectivity index (χ3n) is 4.30. The van der Waals surface area contributed by atoms with Gasteiger partial charge in [-0.3, -0.25) is 20.4 Å². The third-order valence-corrected chi connectivity index (χ3v) is 4.30. The molecule has 0 spiro atoms. The van der Waals surface area contributed by atoms with Gasteiger partial charge in [0, 0.05) is 12.4 Å². The van der Waals surface area contributed by atoms with Crippen LogP contribution in [0.25, 0.3) is 0 Å². The number of alkyl halides is 6. The van der Waals surface area contributed by atoms with Gasteiger partial charge in [-0.15, -0.1) is 0 Å². The number of hydrazine groups is 1. The molecule has 7 nitrogen and oxygen atoms in total. The molecule has 0 unspecified atom stereocenters. The monoisotopic (exact) mass is 433 g/mol. The summed E-state index contributed by atoms with van der Waals surface area (Å²) in [5, 5.41) is 2.92. The van der Waals surface area contributed by atoms with Gasteiger partial charge in [0.05, 0.1) is 16.7 Å². The lowest BCUT2D eigenvalue weighted by molar-refractivity contribution is -0.174. The smallest absolute Gasteiger partial charge is 0.345 e. The number of carbonyl (C=O) groups excluding carboxylic acids is 2. The Morgan fingerprint density at radius 3 is 2.13 bits per heavy atom. The van der Waals surface area contributed by atoms with E-state index in [0.29, 0.717) is 18.4 Å². The van der Waals surface area contributed by atoms with E-state index in [4.69, 9.17) is 0 Å². The Balaban J connectivity index is 1.66. The summed E-state index contributed by atoms with van der Waals surface area (Å²) in [6.45, 7) is 0. The molecule has 2 aromatic rings. The number of aromatic nitrogens is 2. The predicted molar refractivity (Wildman–Crippen MR) is 89.7 cm³/mol. The van der Waals surface area contributed by atoms with E-state index in [1.54, 1.807) is 11.5 Å². The number of halogens is 6. The molecule has 3 rings (SSSR count). The lowest BCUT2D eigenvalue weighted by Gasteiger charge is -2.19. The van der Waals surface area contributed by atoms with E-state index in [9.17, 15) is 35.9 Å². The van der Waals surface area contributed by atoms with Gasteiger partial charge in [0.15, 0.2) is 0 Å². The summed E-state index contributed by atoms with van der Waals surface area (Å²) >= 11 is 0. The summed E-state index contributed by atoms with van der Waals surface area (Å²) in [7, 11) is 0. The molecular formula is C17H13F6N5O2. The van der Waals surface area contributed by atoms with Gasteiger partial charge in [0.2, 0.25) is 5.95 Å². The SMILES string of the molecule is O=C(NNC(=O)C(F)(F)F)c1cnc(NC2(c3cccc(C(F)(F)F)c3)CC2)nc1. The first-order valence-corrected chi connectivity index (χ1v) is 8.36. The number of anilines is 1. The standard InChI is InChI=1S/C17H13F6N5O2/c18-16(19,20)11-3-1-2-10(6-11)15(4-5-15)26-14-24-7-9(8-25-14)12(29)27-28-13(30)17(21,22)23/h1-3,6-8H,4-5H2,(H,27,29)(H,28,30)(H,24,25,26). The van der Waals surface area contributed by atoms with Crippen molar-refractivity contribution in [3.05, 3.63) is 53.3 Å². The number of benzene rings is 1. The van der Waals surface area contributed by atoms with Crippen LogP contribution in [0.2, 0.25) is 0 Å². The Bertz CT molecular complexity index is 954. The average molecular weight is 433 g/mol. The van der Waals surface area contributed by atoms with Crippen molar-refractivity contribution in [2.24, 2.45) is 0 Å². The zero-order valence-corrected chi connectivity index (χ0v) is 14.9. The van der Waals surface area contributed by atoms with Gasteiger partial charge < -0.3 is 5.32 Å². The van der Waals surface area contributed by atoms with Crippen LogP contribution in [0, 0.1) is 0 Å². The molecule has 30 heavy (non-hydrogen) atoms. The topological polar surface area (TPSA) is 96.0 Å². The quantitative estimate of drug-likeness (QED) is 0.509. The van der Waals surface area contributed by atoms with Gasteiger partial charge in [-0.2, -0.15) is 26.3 Å². The molecule has 0 bridgehead atoms. The van der Waals surface area contributed by atoms with Crippen molar-refractivity contribution in [1.29, 1.82) is 0 Å². The van der Waals surface area contributed by atoms with E-state index in [1.807, 2.05) is 0 Å². The van der Waals surface area contributed by atoms with Crippen LogP contribution in [0.1, 0.15) is 34.3 Å². The maximum absolute atomic E-state index is 12.9. The molecule has 1 saturated carbocycles. The van der Waals surface area contributed by atoms with Crippen LogP contribution in [-0.4, -0.2) is 28.0 Å². The highest BCUT2D eigenvalue weighted by Crippen LogP contribution is 2.48. The van der Waals surface area contributed by atoms with Crippen LogP contribution >= 0.6 is 0 Å². The molecule has 0 saturated heterocycles. The molecule has 1 heterocycles. The first kappa shape index (κ1) is 21.3. The number of hydrogen-bond acceptors (Lipinski definition) is 5. The highest BCUT2D eigenvalue weighted by Gasteiger charge is 2.46. The molecule has 2 amide bonds. The number of nitrogens with zero attached hydrogens (tertiary/aromatic N) is 2. The van der Waals surface area contributed by atoms with Gasteiger partial charge in [0.1, 0.15) is 0 Å². The van der Waals surface area contributed by atoms with Crippen molar-refractivity contribution in [3.8, 4) is 0 Å². The predicted octanol–water partition coefficient (Wildman–Crippen LogP) is 2.92. The molecule has 3 N–H and O–H groups in total. The number of amides is 2. The molecule has 13 heteroatoms. The molecule has 1 aromatic heterocycles. The third kappa shape index (κ3) is 4.78. The fourth-order valence-corrected chi connectivity index (χ4v) is 2.58. The largest absolute Gasteiger partial charge is 0.472 e. The van der Waals surface area contributed by atoms with Gasteiger partial charge in [0.25, 0.3) is 5.91 Å². The van der Waals surface area contributed by atoms with Crippen LogP contribution in [0.4, 0.5) is 32.3 Å². The van der Waals surface area contributed by atoms with Crippen LogP contribution in [0.5, 0.6) is 0 Å². The van der Waals surface area contributed by atoms with Crippen LogP contribution in [-0.2, 0) is 16.5 Å². The number of hydrogen-bond donors (Lipinski definition) is 3. The van der Waals surface area contributed by atoms with Crippen molar-refractivity contribution in [2.45, 2.75) is 30.7 Å². The van der Waals surface area contributed by atoms with Gasteiger partial charge in [-0.1, -0.05) is 12.1 Å². The molecule has 0 aliphatic heterocycles. The molecule has 160 valence electrons. The minimum absolute atomic E-state index is 0.0146. The zero-order valence-electron chi connectivity index (χ0n) is 14.9. The molecule has 0 radical (unpaired) electrons. The Hall–Kier alpha value is -3.38. The highest BCUT2D eigenvalue weighted by atomic mass is 19.4. The number of rotatable bonds is 4. The fraction of sp³-hybridized carbons (Fsp3) is 0.294. The van der Waals surface area contributed by atoms with Crippen molar-refractivity contribution >= 4 is 17.8 Å². The van der Waals surface area contributed by atoms with Crippen molar-refractivity contribution in [1.82, 2.24) is 20.8 Å². The van der Waals surface area contributed by atoms with E-state index < -0.39 is 35.3 Å². The van der Waals surface area contributed by atoms with Crippen molar-refractivity contribution in [2.75, 3.05) is 5.32 Å². The number of nitrogens with one attached hydrogen (secondary N) is 3. The van der Waals surface area contributed by atoms with E-state index in [-0.39, 0.29) is 11.5 Å². The molecule has 1 fully saturated rings. The average Bonchev–Trinajstić information content (AvgIpc) is 3.46. The fourth-order valence-electron chi connectivity index (χ4n) is 2.58. The van der Waals surface area contributed by atoms with E-state index in [2.05, 4.69) is 15.3 Å². The lowest BCUT2D eigenvalue weighted by atomic mass is 10.0. The van der Waals surface area contributed by atoms with Crippen LogP contribution < -0.4 is 16.2 Å². The summed E-state index contributed by atoms with van der Waals surface area (Å²) < 4.78 is 75.1. The van der Waals surface area contributed by atoms with Crippen LogP contribution in [0.15, 0.2) is 36.7 Å². The van der Waals surface area contributed by atoms with E-state index in [1.165, 1.54) is 11.5 Å². The molecule has 1 aliphatic rings. The Morgan fingerprint density at radius 2 is 1.60 bits per heavy atom. The van der Waals surface area contributed by atoms with Crippen molar-refractivity contribution < 1.29 is 35.9 Å². The summed E-state index contributed by atoms with van der Waals surface area (Å²) in [4.78, 5) is 30.1. The summed E-state index contributed by atoms with van der Waals surface area (Å²) in [5.74, 6) is -3.43. The van der Waals surface area contributed by atoms with E-state index >= 15 is 0 Å². The molecular weight excluding hydrogens is 420 g/mol. The molecule has 1 aliphatic carbocycles. The maximum atomic E-state index is 12.9. The Labute approximate surface area is 164 Å². The highest BCUT2D eigenvalue weighted by molar-refractivity contribution is 5.95. The van der Waals surface area contributed by atoms with Gasteiger partial charge in [-0.05, 0) is 30.5 Å². The van der Waals surface area contributed by atoms with Gasteiger partial charge in [-0.25, -0.2) is 9.97 Å².